The van der Waals surface area contributed by atoms with Crippen molar-refractivity contribution in [2.24, 2.45) is 0 Å². The molecule has 0 aliphatic carbocycles. The van der Waals surface area contributed by atoms with Crippen molar-refractivity contribution < 1.29 is 35.9 Å². The summed E-state index contributed by atoms with van der Waals surface area (Å²) in [6.45, 7) is 2.85. The molecule has 2 heterocycles. The van der Waals surface area contributed by atoms with Gasteiger partial charge >= 0.3 is 12.4 Å². The van der Waals surface area contributed by atoms with Crippen LogP contribution in [0.1, 0.15) is 31.8 Å². The van der Waals surface area contributed by atoms with E-state index in [0.29, 0.717) is 38.4 Å². The van der Waals surface area contributed by atoms with Crippen molar-refractivity contribution in [3.63, 3.8) is 0 Å². The summed E-state index contributed by atoms with van der Waals surface area (Å²) in [4.78, 5) is 31.2. The van der Waals surface area contributed by atoms with Crippen LogP contribution in [0.3, 0.4) is 0 Å². The van der Waals surface area contributed by atoms with Crippen LogP contribution in [0.4, 0.5) is 32.0 Å². The number of anilines is 1. The van der Waals surface area contributed by atoms with Gasteiger partial charge in [0, 0.05) is 45.0 Å². The Balaban J connectivity index is 1.19. The SMILES string of the molecule is O=C1c2cccc(-c3cccc(C(F)(F)F)c3)c2C(=O)N1C/C=C/CN1CCN(c2cccc(C(F)(F)F)c2)CC1. The Morgan fingerprint density at radius 3 is 1.93 bits per heavy atom. The van der Waals surface area contributed by atoms with E-state index in [1.54, 1.807) is 12.1 Å². The van der Waals surface area contributed by atoms with Gasteiger partial charge in [-0.25, -0.2) is 0 Å². The Kier molecular flexibility index (Phi) is 7.65. The first-order chi connectivity index (χ1) is 19.4. The van der Waals surface area contributed by atoms with Crippen molar-refractivity contribution in [2.75, 3.05) is 44.2 Å². The Hall–Kier alpha value is -4.12. The molecule has 0 bridgehead atoms. The number of imide groups is 1. The van der Waals surface area contributed by atoms with E-state index in [-0.39, 0.29) is 28.8 Å². The van der Waals surface area contributed by atoms with E-state index < -0.39 is 35.3 Å². The number of hydrogen-bond donors (Lipinski definition) is 0. The van der Waals surface area contributed by atoms with Crippen LogP contribution >= 0.6 is 0 Å². The molecule has 0 aromatic heterocycles. The van der Waals surface area contributed by atoms with Crippen molar-refractivity contribution in [3.05, 3.63) is 101 Å². The molecule has 214 valence electrons. The average Bonchev–Trinajstić information content (AvgIpc) is 3.19. The van der Waals surface area contributed by atoms with Crippen molar-refractivity contribution in [3.8, 4) is 11.1 Å². The number of amides is 2. The fraction of sp³-hybridized carbons (Fsp3) is 0.267. The lowest BCUT2D eigenvalue weighted by Crippen LogP contribution is -2.46. The normalized spacial score (nSPS) is 16.6. The van der Waals surface area contributed by atoms with Crippen LogP contribution in [0.25, 0.3) is 11.1 Å². The second kappa shape index (κ2) is 11.0. The van der Waals surface area contributed by atoms with E-state index in [4.69, 9.17) is 0 Å². The number of fused-ring (bicyclic) bond motifs is 1. The number of halogens is 6. The minimum absolute atomic E-state index is 0.00141. The zero-order valence-corrected chi connectivity index (χ0v) is 21.7. The van der Waals surface area contributed by atoms with Gasteiger partial charge in [0.2, 0.25) is 0 Å². The zero-order chi connectivity index (χ0) is 29.4. The van der Waals surface area contributed by atoms with Gasteiger partial charge in [-0.15, -0.1) is 0 Å². The standard InChI is InChI=1S/C30H25F6N3O2/c31-29(32,33)21-7-3-6-20(18-21)24-10-5-11-25-26(24)28(41)39(27(25)40)13-2-1-12-37-14-16-38(17-15-37)23-9-4-8-22(19-23)30(34,35)36/h1-11,18-19H,12-17H2/b2-1+. The van der Waals surface area contributed by atoms with Crippen molar-refractivity contribution in [1.82, 2.24) is 9.80 Å². The van der Waals surface area contributed by atoms with E-state index in [1.807, 2.05) is 11.0 Å². The molecule has 0 radical (unpaired) electrons. The fourth-order valence-electron chi connectivity index (χ4n) is 5.07. The summed E-state index contributed by atoms with van der Waals surface area (Å²) in [6, 6.07) is 14.4. The first kappa shape index (κ1) is 28.4. The highest BCUT2D eigenvalue weighted by Gasteiger charge is 2.37. The highest BCUT2D eigenvalue weighted by molar-refractivity contribution is 6.24. The highest BCUT2D eigenvalue weighted by atomic mass is 19.4. The molecule has 2 amide bonds. The van der Waals surface area contributed by atoms with Gasteiger partial charge in [0.15, 0.2) is 0 Å². The minimum Gasteiger partial charge on any atom is -0.369 e. The molecule has 5 nitrogen and oxygen atoms in total. The Labute approximate surface area is 232 Å². The number of nitrogens with zero attached hydrogens (tertiary/aromatic N) is 3. The predicted molar refractivity (Wildman–Crippen MR) is 141 cm³/mol. The smallest absolute Gasteiger partial charge is 0.369 e. The topological polar surface area (TPSA) is 43.9 Å². The number of carbonyl (C=O) groups excluding carboxylic acids is 2. The maximum absolute atomic E-state index is 13.2. The third-order valence-electron chi connectivity index (χ3n) is 7.23. The van der Waals surface area contributed by atoms with E-state index in [0.717, 1.165) is 29.2 Å². The fourth-order valence-corrected chi connectivity index (χ4v) is 5.07. The molecule has 2 aliphatic heterocycles. The summed E-state index contributed by atoms with van der Waals surface area (Å²) in [7, 11) is 0. The minimum atomic E-state index is -4.55. The number of piperazine rings is 1. The van der Waals surface area contributed by atoms with Gasteiger partial charge in [-0.05, 0) is 47.5 Å². The number of rotatable bonds is 6. The van der Waals surface area contributed by atoms with Gasteiger partial charge in [0.1, 0.15) is 0 Å². The lowest BCUT2D eigenvalue weighted by Gasteiger charge is -2.35. The molecule has 11 heteroatoms. The molecule has 0 N–H and O–H groups in total. The largest absolute Gasteiger partial charge is 0.416 e. The number of carbonyl (C=O) groups is 2. The number of benzene rings is 3. The van der Waals surface area contributed by atoms with E-state index in [2.05, 4.69) is 4.90 Å². The van der Waals surface area contributed by atoms with Crippen LogP contribution < -0.4 is 4.90 Å². The third kappa shape index (κ3) is 6.00. The van der Waals surface area contributed by atoms with Crippen LogP contribution in [-0.2, 0) is 12.4 Å². The monoisotopic (exact) mass is 573 g/mol. The number of hydrogen-bond acceptors (Lipinski definition) is 4. The summed E-state index contributed by atoms with van der Waals surface area (Å²) in [5.41, 5.74) is -0.336. The molecule has 2 aliphatic rings. The van der Waals surface area contributed by atoms with E-state index in [1.165, 1.54) is 36.4 Å². The van der Waals surface area contributed by atoms with Gasteiger partial charge < -0.3 is 4.90 Å². The molecular formula is C30H25F6N3O2. The van der Waals surface area contributed by atoms with Crippen LogP contribution in [0.15, 0.2) is 78.9 Å². The molecule has 1 fully saturated rings. The molecule has 41 heavy (non-hydrogen) atoms. The maximum atomic E-state index is 13.2. The van der Waals surface area contributed by atoms with Crippen molar-refractivity contribution in [1.29, 1.82) is 0 Å². The number of alkyl halides is 6. The summed E-state index contributed by atoms with van der Waals surface area (Å²) >= 11 is 0. The van der Waals surface area contributed by atoms with Crippen LogP contribution in [0.2, 0.25) is 0 Å². The lowest BCUT2D eigenvalue weighted by atomic mass is 9.95. The molecule has 0 atom stereocenters. The first-order valence-corrected chi connectivity index (χ1v) is 12.9. The molecule has 3 aromatic carbocycles. The summed E-state index contributed by atoms with van der Waals surface area (Å²) in [6.07, 6.45) is -5.45. The highest BCUT2D eigenvalue weighted by Crippen LogP contribution is 2.36. The molecule has 0 spiro atoms. The first-order valence-electron chi connectivity index (χ1n) is 12.9. The van der Waals surface area contributed by atoms with Gasteiger partial charge in [-0.1, -0.05) is 42.5 Å². The second-order valence-electron chi connectivity index (χ2n) is 9.83. The second-order valence-corrected chi connectivity index (χ2v) is 9.83. The van der Waals surface area contributed by atoms with Crippen LogP contribution in [0, 0.1) is 0 Å². The lowest BCUT2D eigenvalue weighted by molar-refractivity contribution is -0.138. The van der Waals surface area contributed by atoms with Gasteiger partial charge in [0.05, 0.1) is 22.3 Å². The van der Waals surface area contributed by atoms with E-state index >= 15 is 0 Å². The molecule has 5 rings (SSSR count). The molecular weight excluding hydrogens is 548 g/mol. The molecule has 0 saturated carbocycles. The predicted octanol–water partition coefficient (Wildman–Crippen LogP) is 6.37. The average molecular weight is 574 g/mol. The van der Waals surface area contributed by atoms with Crippen LogP contribution in [-0.4, -0.2) is 60.9 Å². The Morgan fingerprint density at radius 2 is 1.24 bits per heavy atom. The third-order valence-corrected chi connectivity index (χ3v) is 7.23. The maximum Gasteiger partial charge on any atom is 0.416 e. The zero-order valence-electron chi connectivity index (χ0n) is 21.7. The van der Waals surface area contributed by atoms with Gasteiger partial charge in [-0.2, -0.15) is 26.3 Å². The Morgan fingerprint density at radius 1 is 0.659 bits per heavy atom. The summed E-state index contributed by atoms with van der Waals surface area (Å²) in [5.74, 6) is -1.09. The summed E-state index contributed by atoms with van der Waals surface area (Å²) < 4.78 is 78.8. The molecule has 3 aromatic rings. The van der Waals surface area contributed by atoms with E-state index in [9.17, 15) is 35.9 Å². The van der Waals surface area contributed by atoms with Crippen molar-refractivity contribution in [2.45, 2.75) is 12.4 Å². The molecule has 0 unspecified atom stereocenters. The molecule has 1 saturated heterocycles. The quantitative estimate of drug-likeness (QED) is 0.196. The van der Waals surface area contributed by atoms with Gasteiger partial charge in [0.25, 0.3) is 11.8 Å². The Bertz CT molecular complexity index is 1490. The van der Waals surface area contributed by atoms with Crippen LogP contribution in [0.5, 0.6) is 0 Å². The summed E-state index contributed by atoms with van der Waals surface area (Å²) in [5, 5.41) is 0. The van der Waals surface area contributed by atoms with Gasteiger partial charge in [-0.3, -0.25) is 19.4 Å². The van der Waals surface area contributed by atoms with Crippen molar-refractivity contribution >= 4 is 17.5 Å².